The van der Waals surface area contributed by atoms with Crippen LogP contribution in [0.25, 0.3) is 11.0 Å². The van der Waals surface area contributed by atoms with Crippen LogP contribution in [-0.4, -0.2) is 52.2 Å². The minimum atomic E-state index is -0.675. The standard InChI is InChI=1S/C34H47N5O6.ClH/c1-23(27(35)14-17-31(36)40)45-22-26-11-9-24(10-12-26)7-4-3-5-19-44-20-6-8-25-13-15-28-30(21-25)38(2)34(43)39(28)29-16-18-32(41)37-33(29)42;/h9-13,15,21,23,27,29H,3-8,14,16-20,22,35H2,1-2H3,(H2,36,40)(H,37,41,42);1H/t23-,27+,29?;/m1./s1. The number of unbranched alkanes of at least 4 members (excludes halogenated alkanes) is 2. The fraction of sp³-hybridized carbons (Fsp3) is 0.529. The van der Waals surface area contributed by atoms with Gasteiger partial charge >= 0.3 is 5.69 Å². The van der Waals surface area contributed by atoms with Crippen LogP contribution in [0.5, 0.6) is 0 Å². The number of ether oxygens (including phenoxy) is 2. The van der Waals surface area contributed by atoms with E-state index in [2.05, 4.69) is 29.6 Å². The number of hydrogen-bond acceptors (Lipinski definition) is 7. The number of primary amides is 1. The van der Waals surface area contributed by atoms with E-state index in [4.69, 9.17) is 20.9 Å². The molecule has 0 saturated carbocycles. The third-order valence-corrected chi connectivity index (χ3v) is 8.55. The average Bonchev–Trinajstić information content (AvgIpc) is 3.27. The van der Waals surface area contributed by atoms with Crippen molar-refractivity contribution >= 4 is 41.2 Å². The van der Waals surface area contributed by atoms with Crippen molar-refractivity contribution in [1.29, 1.82) is 0 Å². The van der Waals surface area contributed by atoms with E-state index >= 15 is 0 Å². The maximum absolute atomic E-state index is 12.9. The van der Waals surface area contributed by atoms with E-state index in [1.807, 2.05) is 25.1 Å². The Hall–Kier alpha value is -3.51. The molecule has 1 fully saturated rings. The molecule has 3 amide bonds. The number of aromatic nitrogens is 2. The zero-order valence-electron chi connectivity index (χ0n) is 26.9. The molecule has 2 heterocycles. The molecule has 1 aromatic heterocycles. The topological polar surface area (TPSA) is 161 Å². The number of nitrogens with one attached hydrogen (secondary N) is 1. The molecule has 0 spiro atoms. The lowest BCUT2D eigenvalue weighted by Crippen LogP contribution is -2.44. The van der Waals surface area contributed by atoms with Crippen LogP contribution in [0.3, 0.4) is 0 Å². The number of hydrogen-bond donors (Lipinski definition) is 3. The molecule has 0 radical (unpaired) electrons. The number of piperidine rings is 1. The number of nitrogens with two attached hydrogens (primary N) is 2. The largest absolute Gasteiger partial charge is 0.381 e. The van der Waals surface area contributed by atoms with Gasteiger partial charge in [-0.25, -0.2) is 4.79 Å². The van der Waals surface area contributed by atoms with Gasteiger partial charge in [0, 0.05) is 39.1 Å². The Morgan fingerprint density at radius 2 is 1.63 bits per heavy atom. The van der Waals surface area contributed by atoms with Crippen LogP contribution in [0, 0.1) is 0 Å². The van der Waals surface area contributed by atoms with Gasteiger partial charge in [0.1, 0.15) is 6.04 Å². The van der Waals surface area contributed by atoms with E-state index in [0.29, 0.717) is 31.6 Å². The number of fused-ring (bicyclic) bond motifs is 1. The predicted molar refractivity (Wildman–Crippen MR) is 180 cm³/mol. The van der Waals surface area contributed by atoms with Crippen molar-refractivity contribution in [3.05, 3.63) is 69.6 Å². The van der Waals surface area contributed by atoms with E-state index in [9.17, 15) is 19.2 Å². The summed E-state index contributed by atoms with van der Waals surface area (Å²) in [6.45, 7) is 3.81. The second-order valence-corrected chi connectivity index (χ2v) is 12.0. The molecular formula is C34H48ClN5O6. The number of nitrogens with zero attached hydrogens (tertiary/aromatic N) is 2. The first-order valence-electron chi connectivity index (χ1n) is 16.0. The van der Waals surface area contributed by atoms with Gasteiger partial charge in [0.05, 0.1) is 23.7 Å². The molecule has 2 aromatic carbocycles. The SMILES string of the molecule is C[C@@H](OCc1ccc(CCCCCOCCCc2ccc3c(c2)n(C)c(=O)n3C2CCC(=O)NC2=O)cc1)[C@@H](N)CCC(N)=O.Cl. The van der Waals surface area contributed by atoms with Crippen LogP contribution in [0.1, 0.15) is 81.0 Å². The average molecular weight is 658 g/mol. The van der Waals surface area contributed by atoms with Gasteiger partial charge in [-0.1, -0.05) is 36.8 Å². The molecule has 11 nitrogen and oxygen atoms in total. The summed E-state index contributed by atoms with van der Waals surface area (Å²) in [5.41, 5.74) is 16.0. The molecule has 0 aliphatic carbocycles. The summed E-state index contributed by atoms with van der Waals surface area (Å²) in [5, 5.41) is 2.34. The number of rotatable bonds is 18. The van der Waals surface area contributed by atoms with Crippen molar-refractivity contribution in [3.63, 3.8) is 0 Å². The lowest BCUT2D eigenvalue weighted by atomic mass is 10.1. The number of benzene rings is 2. The summed E-state index contributed by atoms with van der Waals surface area (Å²) in [4.78, 5) is 47.8. The Morgan fingerprint density at radius 3 is 2.35 bits per heavy atom. The minimum Gasteiger partial charge on any atom is -0.381 e. The quantitative estimate of drug-likeness (QED) is 0.139. The van der Waals surface area contributed by atoms with Gasteiger partial charge in [-0.2, -0.15) is 0 Å². The number of carbonyl (C=O) groups excluding carboxylic acids is 3. The molecule has 3 aromatic rings. The van der Waals surface area contributed by atoms with Gasteiger partial charge in [-0.05, 0) is 80.7 Å². The van der Waals surface area contributed by atoms with Crippen LogP contribution in [0.15, 0.2) is 47.3 Å². The van der Waals surface area contributed by atoms with E-state index in [-0.39, 0.29) is 54.9 Å². The van der Waals surface area contributed by atoms with E-state index in [0.717, 1.165) is 61.8 Å². The third kappa shape index (κ3) is 10.2. The molecule has 1 saturated heterocycles. The van der Waals surface area contributed by atoms with Gasteiger partial charge in [-0.3, -0.25) is 28.8 Å². The highest BCUT2D eigenvalue weighted by atomic mass is 35.5. The highest BCUT2D eigenvalue weighted by Crippen LogP contribution is 2.24. The highest BCUT2D eigenvalue weighted by molar-refractivity contribution is 6.00. The van der Waals surface area contributed by atoms with E-state index < -0.39 is 11.9 Å². The normalized spacial score (nSPS) is 16.2. The molecule has 1 aliphatic heterocycles. The van der Waals surface area contributed by atoms with E-state index in [1.165, 1.54) is 10.1 Å². The number of imide groups is 1. The summed E-state index contributed by atoms with van der Waals surface area (Å²) < 4.78 is 14.8. The third-order valence-electron chi connectivity index (χ3n) is 8.55. The Morgan fingerprint density at radius 1 is 0.957 bits per heavy atom. The number of carbonyl (C=O) groups is 3. The molecular weight excluding hydrogens is 610 g/mol. The van der Waals surface area contributed by atoms with Crippen LogP contribution in [-0.2, 0) is 50.4 Å². The molecule has 4 rings (SSSR count). The van der Waals surface area contributed by atoms with Gasteiger partial charge in [0.2, 0.25) is 17.7 Å². The van der Waals surface area contributed by atoms with E-state index in [1.54, 1.807) is 11.6 Å². The summed E-state index contributed by atoms with van der Waals surface area (Å²) in [6.07, 6.45) is 7.12. The molecule has 5 N–H and O–H groups in total. The molecule has 3 atom stereocenters. The molecule has 1 aliphatic rings. The van der Waals surface area contributed by atoms with Crippen molar-refractivity contribution in [2.45, 2.75) is 95.9 Å². The van der Waals surface area contributed by atoms with Crippen LogP contribution >= 0.6 is 12.4 Å². The smallest absolute Gasteiger partial charge is 0.329 e. The van der Waals surface area contributed by atoms with Crippen molar-refractivity contribution in [2.24, 2.45) is 18.5 Å². The lowest BCUT2D eigenvalue weighted by molar-refractivity contribution is -0.135. The van der Waals surface area contributed by atoms with Gasteiger partial charge in [0.25, 0.3) is 0 Å². The lowest BCUT2D eigenvalue weighted by Gasteiger charge is -2.21. The first-order valence-corrected chi connectivity index (χ1v) is 16.0. The number of halogens is 1. The Kier molecular flexibility index (Phi) is 14.5. The van der Waals surface area contributed by atoms with Crippen molar-refractivity contribution in [1.82, 2.24) is 14.5 Å². The van der Waals surface area contributed by atoms with Crippen LogP contribution < -0.4 is 22.5 Å². The van der Waals surface area contributed by atoms with Crippen molar-refractivity contribution in [2.75, 3.05) is 13.2 Å². The molecule has 0 bridgehead atoms. The molecule has 12 heteroatoms. The zero-order chi connectivity index (χ0) is 32.3. The minimum absolute atomic E-state index is 0. The van der Waals surface area contributed by atoms with Crippen LogP contribution in [0.2, 0.25) is 0 Å². The van der Waals surface area contributed by atoms with Gasteiger partial charge in [0.15, 0.2) is 0 Å². The molecule has 46 heavy (non-hydrogen) atoms. The summed E-state index contributed by atoms with van der Waals surface area (Å²) in [7, 11) is 1.71. The summed E-state index contributed by atoms with van der Waals surface area (Å²) >= 11 is 0. The summed E-state index contributed by atoms with van der Waals surface area (Å²) in [5.74, 6) is -1.07. The van der Waals surface area contributed by atoms with Crippen molar-refractivity contribution in [3.8, 4) is 0 Å². The molecule has 1 unspecified atom stereocenters. The number of aryl methyl sites for hydroxylation is 3. The fourth-order valence-electron chi connectivity index (χ4n) is 5.68. The van der Waals surface area contributed by atoms with Gasteiger partial charge < -0.3 is 20.9 Å². The maximum atomic E-state index is 12.9. The number of imidazole rings is 1. The number of amides is 3. The summed E-state index contributed by atoms with van der Waals surface area (Å²) in [6, 6.07) is 13.5. The second kappa shape index (κ2) is 18.0. The maximum Gasteiger partial charge on any atom is 0.329 e. The van der Waals surface area contributed by atoms with Crippen LogP contribution in [0.4, 0.5) is 0 Å². The first kappa shape index (κ1) is 37.0. The molecule has 252 valence electrons. The Balaban J connectivity index is 0.00000576. The monoisotopic (exact) mass is 657 g/mol. The van der Waals surface area contributed by atoms with Gasteiger partial charge in [-0.15, -0.1) is 12.4 Å². The van der Waals surface area contributed by atoms with Crippen molar-refractivity contribution < 1.29 is 23.9 Å². The Bertz CT molecular complexity index is 1520. The fourth-order valence-corrected chi connectivity index (χ4v) is 5.68. The Labute approximate surface area is 276 Å². The second-order valence-electron chi connectivity index (χ2n) is 12.0. The highest BCUT2D eigenvalue weighted by Gasteiger charge is 2.31. The first-order chi connectivity index (χ1) is 21.6. The zero-order valence-corrected chi connectivity index (χ0v) is 27.7. The predicted octanol–water partition coefficient (Wildman–Crippen LogP) is 3.60.